The molecule has 0 aliphatic heterocycles. The van der Waals surface area contributed by atoms with Crippen molar-refractivity contribution in [3.63, 3.8) is 0 Å². The minimum atomic E-state index is 0.317. The molecule has 0 amide bonds. The summed E-state index contributed by atoms with van der Waals surface area (Å²) < 4.78 is 1.69. The molecule has 0 aromatic heterocycles. The zero-order chi connectivity index (χ0) is 10.0. The zero-order valence-corrected chi connectivity index (χ0v) is 10.7. The maximum atomic E-state index is 9.68. The van der Waals surface area contributed by atoms with Gasteiger partial charge in [0.15, 0.2) is 0 Å². The van der Waals surface area contributed by atoms with Gasteiger partial charge in [0.05, 0.1) is 4.47 Å². The fourth-order valence-electron chi connectivity index (χ4n) is 1.08. The Balaban J connectivity index is 3.05. The van der Waals surface area contributed by atoms with E-state index in [9.17, 15) is 5.11 Å². The van der Waals surface area contributed by atoms with Gasteiger partial charge < -0.3 is 10.0 Å². The molecule has 4 heteroatoms. The molecule has 0 fully saturated rings. The average molecular weight is 309 g/mol. The van der Waals surface area contributed by atoms with Crippen molar-refractivity contribution in [3.8, 4) is 5.75 Å². The molecule has 0 atom stereocenters. The van der Waals surface area contributed by atoms with E-state index < -0.39 is 0 Å². The SMILES string of the molecule is CN(C)Cc1cc(Br)cc(Br)c1O. The lowest BCUT2D eigenvalue weighted by atomic mass is 10.2. The number of benzene rings is 1. The maximum absolute atomic E-state index is 9.68. The van der Waals surface area contributed by atoms with Crippen molar-refractivity contribution < 1.29 is 5.11 Å². The molecule has 1 N–H and O–H groups in total. The van der Waals surface area contributed by atoms with Crippen molar-refractivity contribution in [1.29, 1.82) is 0 Å². The summed E-state index contributed by atoms with van der Waals surface area (Å²) in [5.41, 5.74) is 0.909. The molecule has 0 radical (unpaired) electrons. The summed E-state index contributed by atoms with van der Waals surface area (Å²) >= 11 is 6.67. The van der Waals surface area contributed by atoms with E-state index in [1.54, 1.807) is 0 Å². The van der Waals surface area contributed by atoms with Crippen LogP contribution in [0.2, 0.25) is 0 Å². The standard InChI is InChI=1S/C9H11Br2NO/c1-12(2)5-6-3-7(10)4-8(11)9(6)13/h3-4,13H,5H2,1-2H3. The third-order valence-corrected chi connectivity index (χ3v) is 2.66. The summed E-state index contributed by atoms with van der Waals surface area (Å²) in [6, 6.07) is 3.74. The first-order valence-corrected chi connectivity index (χ1v) is 5.41. The molecule has 0 aliphatic rings. The number of rotatable bonds is 2. The number of phenolic OH excluding ortho intramolecular Hbond substituents is 1. The quantitative estimate of drug-likeness (QED) is 0.908. The van der Waals surface area contributed by atoms with E-state index in [1.807, 2.05) is 31.1 Å². The van der Waals surface area contributed by atoms with Crippen molar-refractivity contribution in [3.05, 3.63) is 26.6 Å². The Hall–Kier alpha value is -0.0600. The number of nitrogens with zero attached hydrogens (tertiary/aromatic N) is 1. The van der Waals surface area contributed by atoms with E-state index in [0.29, 0.717) is 5.75 Å². The monoisotopic (exact) mass is 307 g/mol. The minimum Gasteiger partial charge on any atom is -0.506 e. The van der Waals surface area contributed by atoms with Gasteiger partial charge in [-0.05, 0) is 42.2 Å². The maximum Gasteiger partial charge on any atom is 0.134 e. The van der Waals surface area contributed by atoms with E-state index in [0.717, 1.165) is 21.1 Å². The van der Waals surface area contributed by atoms with Gasteiger partial charge in [0.2, 0.25) is 0 Å². The second kappa shape index (κ2) is 4.44. The summed E-state index contributed by atoms with van der Waals surface area (Å²) in [6.07, 6.45) is 0. The highest BCUT2D eigenvalue weighted by molar-refractivity contribution is 9.11. The number of hydrogen-bond donors (Lipinski definition) is 1. The molecular formula is C9H11Br2NO. The fraction of sp³-hybridized carbons (Fsp3) is 0.333. The van der Waals surface area contributed by atoms with Crippen molar-refractivity contribution in [2.75, 3.05) is 14.1 Å². The van der Waals surface area contributed by atoms with Gasteiger partial charge >= 0.3 is 0 Å². The van der Waals surface area contributed by atoms with Crippen LogP contribution >= 0.6 is 31.9 Å². The summed E-state index contributed by atoms with van der Waals surface area (Å²) in [7, 11) is 3.93. The molecule has 0 spiro atoms. The van der Waals surface area contributed by atoms with Gasteiger partial charge in [-0.25, -0.2) is 0 Å². The number of halogens is 2. The molecule has 1 rings (SSSR count). The molecule has 13 heavy (non-hydrogen) atoms. The lowest BCUT2D eigenvalue weighted by Crippen LogP contribution is -2.10. The van der Waals surface area contributed by atoms with E-state index in [-0.39, 0.29) is 0 Å². The van der Waals surface area contributed by atoms with E-state index in [1.165, 1.54) is 0 Å². The van der Waals surface area contributed by atoms with Crippen LogP contribution in [0.15, 0.2) is 21.1 Å². The van der Waals surface area contributed by atoms with Crippen LogP contribution in [0.5, 0.6) is 5.75 Å². The Morgan fingerprint density at radius 3 is 2.46 bits per heavy atom. The van der Waals surface area contributed by atoms with Gasteiger partial charge in [0.1, 0.15) is 5.75 Å². The highest BCUT2D eigenvalue weighted by atomic mass is 79.9. The topological polar surface area (TPSA) is 23.5 Å². The van der Waals surface area contributed by atoms with Gasteiger partial charge in [-0.1, -0.05) is 15.9 Å². The molecule has 0 saturated carbocycles. The van der Waals surface area contributed by atoms with Gasteiger partial charge in [-0.3, -0.25) is 0 Å². The first-order valence-electron chi connectivity index (χ1n) is 3.82. The van der Waals surface area contributed by atoms with E-state index >= 15 is 0 Å². The van der Waals surface area contributed by atoms with Gasteiger partial charge in [0.25, 0.3) is 0 Å². The third kappa shape index (κ3) is 2.97. The third-order valence-electron chi connectivity index (χ3n) is 1.59. The lowest BCUT2D eigenvalue weighted by Gasteiger charge is -2.12. The number of hydrogen-bond acceptors (Lipinski definition) is 2. The summed E-state index contributed by atoms with van der Waals surface area (Å²) in [5, 5.41) is 9.68. The van der Waals surface area contributed by atoms with Gasteiger partial charge in [-0.2, -0.15) is 0 Å². The van der Waals surface area contributed by atoms with Crippen LogP contribution in [0.4, 0.5) is 0 Å². The molecule has 0 unspecified atom stereocenters. The van der Waals surface area contributed by atoms with Crippen LogP contribution in [0.25, 0.3) is 0 Å². The first kappa shape index (κ1) is 11.0. The highest BCUT2D eigenvalue weighted by Crippen LogP contribution is 2.31. The predicted octanol–water partition coefficient (Wildman–Crippen LogP) is 2.98. The van der Waals surface area contributed by atoms with Crippen LogP contribution in [-0.4, -0.2) is 24.1 Å². The largest absolute Gasteiger partial charge is 0.506 e. The van der Waals surface area contributed by atoms with E-state index in [4.69, 9.17) is 0 Å². The average Bonchev–Trinajstić information content (AvgIpc) is 1.98. The van der Waals surface area contributed by atoms with Gasteiger partial charge in [-0.15, -0.1) is 0 Å². The van der Waals surface area contributed by atoms with Crippen LogP contribution in [0.1, 0.15) is 5.56 Å². The van der Waals surface area contributed by atoms with Crippen LogP contribution in [-0.2, 0) is 6.54 Å². The normalized spacial score (nSPS) is 10.8. The summed E-state index contributed by atoms with van der Waals surface area (Å²) in [5.74, 6) is 0.317. The van der Waals surface area contributed by atoms with Gasteiger partial charge in [0, 0.05) is 16.6 Å². The number of aromatic hydroxyl groups is 1. The molecule has 2 nitrogen and oxygen atoms in total. The Morgan fingerprint density at radius 1 is 1.31 bits per heavy atom. The van der Waals surface area contributed by atoms with Crippen LogP contribution < -0.4 is 0 Å². The summed E-state index contributed by atoms with van der Waals surface area (Å²) in [6.45, 7) is 0.726. The Bertz CT molecular complexity index is 313. The smallest absolute Gasteiger partial charge is 0.134 e. The van der Waals surface area contributed by atoms with Crippen molar-refractivity contribution in [2.24, 2.45) is 0 Å². The van der Waals surface area contributed by atoms with Crippen molar-refractivity contribution in [2.45, 2.75) is 6.54 Å². The zero-order valence-electron chi connectivity index (χ0n) is 7.51. The molecule has 0 bridgehead atoms. The van der Waals surface area contributed by atoms with E-state index in [2.05, 4.69) is 31.9 Å². The first-order chi connectivity index (χ1) is 6.00. The van der Waals surface area contributed by atoms with Crippen molar-refractivity contribution in [1.82, 2.24) is 4.90 Å². The minimum absolute atomic E-state index is 0.317. The predicted molar refractivity (Wildman–Crippen MR) is 60.9 cm³/mol. The lowest BCUT2D eigenvalue weighted by molar-refractivity contribution is 0.385. The molecule has 72 valence electrons. The molecular weight excluding hydrogens is 298 g/mol. The molecule has 0 heterocycles. The second-order valence-corrected chi connectivity index (χ2v) is 4.90. The van der Waals surface area contributed by atoms with Crippen LogP contribution in [0.3, 0.4) is 0 Å². The molecule has 0 aliphatic carbocycles. The molecule has 1 aromatic carbocycles. The van der Waals surface area contributed by atoms with Crippen LogP contribution in [0, 0.1) is 0 Å². The fourth-order valence-corrected chi connectivity index (χ4v) is 2.39. The highest BCUT2D eigenvalue weighted by Gasteiger charge is 2.07. The summed E-state index contributed by atoms with van der Waals surface area (Å²) in [4.78, 5) is 2.01. The second-order valence-electron chi connectivity index (χ2n) is 3.13. The molecule has 1 aromatic rings. The Labute approximate surface area is 94.8 Å². The van der Waals surface area contributed by atoms with Crippen molar-refractivity contribution >= 4 is 31.9 Å². The number of phenols is 1. The Morgan fingerprint density at radius 2 is 1.92 bits per heavy atom. The Kier molecular flexibility index (Phi) is 3.76. The molecule has 0 saturated heterocycles.